The Bertz CT molecular complexity index is 1280. The highest BCUT2D eigenvalue weighted by Crippen LogP contribution is 2.41. The van der Waals surface area contributed by atoms with E-state index in [1.165, 1.54) is 6.92 Å². The molecule has 3 atom stereocenters. The van der Waals surface area contributed by atoms with E-state index in [4.69, 9.17) is 34.8 Å². The molecule has 226 valence electrons. The van der Waals surface area contributed by atoms with Crippen LogP contribution < -0.4 is 5.32 Å². The van der Waals surface area contributed by atoms with Gasteiger partial charge in [0.05, 0.1) is 38.0 Å². The van der Waals surface area contributed by atoms with Crippen molar-refractivity contribution in [1.29, 1.82) is 0 Å². The Labute approximate surface area is 243 Å². The van der Waals surface area contributed by atoms with E-state index in [2.05, 4.69) is 5.32 Å². The monoisotopic (exact) mass is 655 g/mol. The van der Waals surface area contributed by atoms with Crippen LogP contribution in [0.1, 0.15) is 59.7 Å². The standard InChI is InChI=1S/C26H21Cl3F9NO2/c1-12(24(30,31)32)7-16(40)8-13(2)39-23(41)17-5-3-14(9-19(17)26(36,37)38)4-6-18(25(33,34)35)15-10-20(27)22(29)21(28)11-15/h3-6,9-13,18H,7-8H2,1-2H3,(H,39,41)/b6-4+/t12?,13-,18?/m1/s1. The zero-order valence-corrected chi connectivity index (χ0v) is 23.3. The van der Waals surface area contributed by atoms with E-state index >= 15 is 0 Å². The largest absolute Gasteiger partial charge is 0.417 e. The molecule has 0 spiro atoms. The van der Waals surface area contributed by atoms with Gasteiger partial charge in [-0.05, 0) is 42.3 Å². The molecule has 1 N–H and O–H groups in total. The van der Waals surface area contributed by atoms with Gasteiger partial charge in [0, 0.05) is 18.9 Å². The molecule has 0 heterocycles. The molecule has 3 nitrogen and oxygen atoms in total. The number of rotatable bonds is 9. The molecule has 2 aromatic rings. The number of benzene rings is 2. The van der Waals surface area contributed by atoms with Gasteiger partial charge in [-0.1, -0.05) is 59.9 Å². The number of hydrogen-bond donors (Lipinski definition) is 1. The third-order valence-corrected chi connectivity index (χ3v) is 6.99. The molecule has 2 rings (SSSR count). The van der Waals surface area contributed by atoms with Crippen LogP contribution in [0, 0.1) is 5.92 Å². The van der Waals surface area contributed by atoms with E-state index in [0.29, 0.717) is 12.1 Å². The number of carbonyl (C=O) groups excluding carboxylic acids is 2. The second-order valence-electron chi connectivity index (χ2n) is 9.24. The number of hydrogen-bond acceptors (Lipinski definition) is 2. The van der Waals surface area contributed by atoms with E-state index in [0.717, 1.165) is 37.3 Å². The fourth-order valence-electron chi connectivity index (χ4n) is 3.70. The van der Waals surface area contributed by atoms with Gasteiger partial charge in [0.15, 0.2) is 0 Å². The van der Waals surface area contributed by atoms with Gasteiger partial charge in [-0.25, -0.2) is 0 Å². The number of amides is 1. The SMILES string of the molecule is CC(CC(=O)C[C@@H](C)NC(=O)c1ccc(/C=C/C(c2cc(Cl)c(Cl)c(Cl)c2)C(F)(F)F)cc1C(F)(F)F)C(F)(F)F. The first-order valence-corrected chi connectivity index (χ1v) is 12.7. The van der Waals surface area contributed by atoms with E-state index < -0.39 is 77.6 Å². The minimum Gasteiger partial charge on any atom is -0.349 e. The topological polar surface area (TPSA) is 46.2 Å². The van der Waals surface area contributed by atoms with Crippen LogP contribution in [0.5, 0.6) is 0 Å². The summed E-state index contributed by atoms with van der Waals surface area (Å²) in [5, 5.41) is 1.42. The van der Waals surface area contributed by atoms with Crippen molar-refractivity contribution in [2.45, 2.75) is 57.2 Å². The molecule has 41 heavy (non-hydrogen) atoms. The quantitative estimate of drug-likeness (QED) is 0.216. The average molecular weight is 657 g/mol. The lowest BCUT2D eigenvalue weighted by molar-refractivity contribution is -0.173. The molecule has 0 aliphatic rings. The maximum absolute atomic E-state index is 13.8. The summed E-state index contributed by atoms with van der Waals surface area (Å²) in [6, 6.07) is 2.89. The Balaban J connectivity index is 2.31. The second kappa shape index (κ2) is 13.2. The number of allylic oxidation sites excluding steroid dienone is 1. The first-order chi connectivity index (χ1) is 18.6. The minimum atomic E-state index is -5.11. The van der Waals surface area contributed by atoms with Gasteiger partial charge in [-0.2, -0.15) is 39.5 Å². The second-order valence-corrected chi connectivity index (χ2v) is 10.4. The highest BCUT2D eigenvalue weighted by molar-refractivity contribution is 6.48. The Morgan fingerprint density at radius 2 is 1.41 bits per heavy atom. The minimum absolute atomic E-state index is 0.180. The lowest BCUT2D eigenvalue weighted by atomic mass is 9.96. The molecule has 2 unspecified atom stereocenters. The fraction of sp³-hybridized carbons (Fsp3) is 0.385. The van der Waals surface area contributed by atoms with Gasteiger partial charge in [0.1, 0.15) is 5.78 Å². The van der Waals surface area contributed by atoms with Crippen molar-refractivity contribution in [3.05, 3.63) is 73.7 Å². The number of alkyl halides is 9. The molecule has 2 aromatic carbocycles. The van der Waals surface area contributed by atoms with Crippen LogP contribution in [0.3, 0.4) is 0 Å². The number of carbonyl (C=O) groups is 2. The summed E-state index contributed by atoms with van der Waals surface area (Å²) in [6.07, 6.45) is -14.7. The van der Waals surface area contributed by atoms with Crippen LogP contribution in [-0.2, 0) is 11.0 Å². The zero-order valence-electron chi connectivity index (χ0n) is 21.0. The fourth-order valence-corrected chi connectivity index (χ4v) is 4.32. The Hall–Kier alpha value is -2.44. The van der Waals surface area contributed by atoms with Crippen LogP contribution in [0.15, 0.2) is 36.4 Å². The maximum Gasteiger partial charge on any atom is 0.417 e. The van der Waals surface area contributed by atoms with Crippen molar-refractivity contribution >= 4 is 52.6 Å². The number of halogens is 12. The third-order valence-electron chi connectivity index (χ3n) is 5.80. The van der Waals surface area contributed by atoms with Crippen LogP contribution in [0.2, 0.25) is 15.1 Å². The van der Waals surface area contributed by atoms with Crippen molar-refractivity contribution in [1.82, 2.24) is 5.32 Å². The Morgan fingerprint density at radius 3 is 1.90 bits per heavy atom. The van der Waals surface area contributed by atoms with E-state index in [1.54, 1.807) is 0 Å². The third kappa shape index (κ3) is 9.82. The summed E-state index contributed by atoms with van der Waals surface area (Å²) < 4.78 is 121. The van der Waals surface area contributed by atoms with E-state index in [-0.39, 0.29) is 20.6 Å². The molecule has 0 bridgehead atoms. The number of ketones is 1. The summed E-state index contributed by atoms with van der Waals surface area (Å²) in [5.41, 5.74) is -3.14. The molecular weight excluding hydrogens is 636 g/mol. The zero-order chi connectivity index (χ0) is 31.5. The maximum atomic E-state index is 13.8. The molecule has 0 saturated heterocycles. The lowest BCUT2D eigenvalue weighted by Gasteiger charge is -2.19. The summed E-state index contributed by atoms with van der Waals surface area (Å²) >= 11 is 17.4. The van der Waals surface area contributed by atoms with Crippen LogP contribution in [0.4, 0.5) is 39.5 Å². The van der Waals surface area contributed by atoms with Gasteiger partial charge >= 0.3 is 18.5 Å². The predicted octanol–water partition coefficient (Wildman–Crippen LogP) is 9.69. The normalized spacial score (nSPS) is 15.1. The molecule has 0 aliphatic carbocycles. The van der Waals surface area contributed by atoms with Crippen molar-refractivity contribution < 1.29 is 49.1 Å². The average Bonchev–Trinajstić information content (AvgIpc) is 2.80. The summed E-state index contributed by atoms with van der Waals surface area (Å²) in [4.78, 5) is 24.5. The van der Waals surface area contributed by atoms with Gasteiger partial charge in [0.2, 0.25) is 0 Å². The van der Waals surface area contributed by atoms with Gasteiger partial charge < -0.3 is 5.32 Å². The van der Waals surface area contributed by atoms with Crippen molar-refractivity contribution in [2.24, 2.45) is 5.92 Å². The van der Waals surface area contributed by atoms with Gasteiger partial charge in [-0.15, -0.1) is 0 Å². The molecule has 0 aromatic heterocycles. The smallest absolute Gasteiger partial charge is 0.349 e. The van der Waals surface area contributed by atoms with E-state index in [1.807, 2.05) is 0 Å². The summed E-state index contributed by atoms with van der Waals surface area (Å²) in [7, 11) is 0. The first kappa shape index (κ1) is 34.8. The molecule has 1 amide bonds. The molecule has 0 radical (unpaired) electrons. The lowest BCUT2D eigenvalue weighted by Crippen LogP contribution is -2.36. The van der Waals surface area contributed by atoms with Crippen molar-refractivity contribution in [2.75, 3.05) is 0 Å². The van der Waals surface area contributed by atoms with Gasteiger partial charge in [0.25, 0.3) is 5.91 Å². The Kier molecular flexibility index (Phi) is 11.2. The van der Waals surface area contributed by atoms with Crippen LogP contribution >= 0.6 is 34.8 Å². The summed E-state index contributed by atoms with van der Waals surface area (Å²) in [5.74, 6) is -6.41. The highest BCUT2D eigenvalue weighted by atomic mass is 35.5. The van der Waals surface area contributed by atoms with Crippen molar-refractivity contribution in [3.63, 3.8) is 0 Å². The first-order valence-electron chi connectivity index (χ1n) is 11.6. The molecule has 15 heteroatoms. The van der Waals surface area contributed by atoms with E-state index in [9.17, 15) is 49.1 Å². The van der Waals surface area contributed by atoms with Crippen molar-refractivity contribution in [3.8, 4) is 0 Å². The highest BCUT2D eigenvalue weighted by Gasteiger charge is 2.40. The predicted molar refractivity (Wildman–Crippen MR) is 137 cm³/mol. The summed E-state index contributed by atoms with van der Waals surface area (Å²) in [6.45, 7) is 2.02. The Morgan fingerprint density at radius 1 is 0.854 bits per heavy atom. The number of nitrogens with one attached hydrogen (secondary N) is 1. The molecular formula is C26H21Cl3F9NO2. The molecule has 0 saturated carbocycles. The molecule has 0 aliphatic heterocycles. The van der Waals surface area contributed by atoms with Gasteiger partial charge in [-0.3, -0.25) is 9.59 Å². The van der Waals surface area contributed by atoms with Crippen LogP contribution in [-0.4, -0.2) is 30.1 Å². The number of Topliss-reactive ketones (excluding diaryl/α,β-unsaturated/α-hetero) is 1. The molecule has 0 fully saturated rings. The van der Waals surface area contributed by atoms with Crippen LogP contribution in [0.25, 0.3) is 6.08 Å².